The van der Waals surface area contributed by atoms with Gasteiger partial charge in [-0.2, -0.15) is 0 Å². The number of benzene rings is 2. The topological polar surface area (TPSA) is 53.0 Å². The molecule has 5 nitrogen and oxygen atoms in total. The van der Waals surface area contributed by atoms with E-state index in [1.54, 1.807) is 7.11 Å². The third-order valence-corrected chi connectivity index (χ3v) is 7.34. The van der Waals surface area contributed by atoms with Crippen molar-refractivity contribution in [3.63, 3.8) is 0 Å². The van der Waals surface area contributed by atoms with Crippen molar-refractivity contribution < 1.29 is 14.6 Å². The SMILES string of the molecule is COc1ccc(C2C[C@@H]3CN(Cc4ccccc4C)C(=O)[C@]34CCCN24)cc1O. The lowest BCUT2D eigenvalue weighted by Crippen LogP contribution is -2.49. The lowest BCUT2D eigenvalue weighted by molar-refractivity contribution is -0.137. The van der Waals surface area contributed by atoms with Gasteiger partial charge in [0.1, 0.15) is 5.54 Å². The number of rotatable bonds is 4. The van der Waals surface area contributed by atoms with E-state index in [4.69, 9.17) is 4.74 Å². The summed E-state index contributed by atoms with van der Waals surface area (Å²) in [6, 6.07) is 14.2. The second-order valence-corrected chi connectivity index (χ2v) is 8.71. The van der Waals surface area contributed by atoms with E-state index < -0.39 is 0 Å². The number of phenols is 1. The molecule has 0 radical (unpaired) electrons. The van der Waals surface area contributed by atoms with E-state index in [1.165, 1.54) is 11.1 Å². The van der Waals surface area contributed by atoms with Crippen LogP contribution in [0.5, 0.6) is 11.5 Å². The third kappa shape index (κ3) is 2.67. The number of phenolic OH excluding ortho intramolecular Hbond substituents is 1. The van der Waals surface area contributed by atoms with Crippen molar-refractivity contribution in [1.29, 1.82) is 0 Å². The Morgan fingerprint density at radius 3 is 2.83 bits per heavy atom. The molecule has 3 heterocycles. The van der Waals surface area contributed by atoms with Gasteiger partial charge in [0.25, 0.3) is 0 Å². The molecular weight excluding hydrogens is 364 g/mol. The average molecular weight is 392 g/mol. The predicted octanol–water partition coefficient (Wildman–Crippen LogP) is 3.65. The van der Waals surface area contributed by atoms with Crippen LogP contribution in [0.4, 0.5) is 0 Å². The molecule has 1 spiro atoms. The van der Waals surface area contributed by atoms with E-state index >= 15 is 0 Å². The molecule has 2 aromatic rings. The van der Waals surface area contributed by atoms with Gasteiger partial charge in [-0.15, -0.1) is 0 Å². The summed E-state index contributed by atoms with van der Waals surface area (Å²) in [7, 11) is 1.56. The Bertz CT molecular complexity index is 959. The maximum Gasteiger partial charge on any atom is 0.243 e. The molecule has 152 valence electrons. The van der Waals surface area contributed by atoms with Crippen LogP contribution < -0.4 is 4.74 Å². The molecule has 0 aliphatic carbocycles. The Labute approximate surface area is 171 Å². The molecule has 3 fully saturated rings. The Balaban J connectivity index is 1.43. The minimum atomic E-state index is -0.358. The predicted molar refractivity (Wildman–Crippen MR) is 111 cm³/mol. The van der Waals surface area contributed by atoms with Crippen molar-refractivity contribution in [3.8, 4) is 11.5 Å². The molecule has 1 N–H and O–H groups in total. The number of aryl methyl sites for hydroxylation is 1. The molecule has 2 aromatic carbocycles. The molecule has 3 saturated heterocycles. The maximum absolute atomic E-state index is 13.7. The highest BCUT2D eigenvalue weighted by molar-refractivity contribution is 5.90. The summed E-state index contributed by atoms with van der Waals surface area (Å²) in [5, 5.41) is 10.3. The Hall–Kier alpha value is -2.53. The summed E-state index contributed by atoms with van der Waals surface area (Å²) >= 11 is 0. The van der Waals surface area contributed by atoms with Crippen molar-refractivity contribution in [2.45, 2.75) is 44.3 Å². The first-order chi connectivity index (χ1) is 14.0. The normalized spacial score (nSPS) is 28.6. The van der Waals surface area contributed by atoms with E-state index in [9.17, 15) is 9.90 Å². The Morgan fingerprint density at radius 2 is 2.07 bits per heavy atom. The lowest BCUT2D eigenvalue weighted by Gasteiger charge is -2.34. The Morgan fingerprint density at radius 1 is 1.24 bits per heavy atom. The Kier molecular flexibility index (Phi) is 4.32. The number of methoxy groups -OCH3 is 1. The zero-order valence-corrected chi connectivity index (χ0v) is 17.1. The zero-order valence-electron chi connectivity index (χ0n) is 17.1. The van der Waals surface area contributed by atoms with E-state index in [0.717, 1.165) is 37.9 Å². The first-order valence-corrected chi connectivity index (χ1v) is 10.5. The quantitative estimate of drug-likeness (QED) is 0.863. The van der Waals surface area contributed by atoms with Gasteiger partial charge in [-0.05, 0) is 61.6 Å². The molecule has 3 atom stereocenters. The fourth-order valence-corrected chi connectivity index (χ4v) is 5.94. The van der Waals surface area contributed by atoms with Gasteiger partial charge in [-0.1, -0.05) is 30.3 Å². The van der Waals surface area contributed by atoms with Crippen molar-refractivity contribution >= 4 is 5.91 Å². The highest BCUT2D eigenvalue weighted by Crippen LogP contribution is 2.56. The molecule has 1 amide bonds. The summed E-state index contributed by atoms with van der Waals surface area (Å²) in [6.45, 7) is 4.58. The van der Waals surface area contributed by atoms with Crippen LogP contribution >= 0.6 is 0 Å². The summed E-state index contributed by atoms with van der Waals surface area (Å²) in [5.41, 5.74) is 3.20. The fourth-order valence-electron chi connectivity index (χ4n) is 5.94. The molecule has 1 unspecified atom stereocenters. The van der Waals surface area contributed by atoms with E-state index in [-0.39, 0.29) is 17.3 Å². The number of amides is 1. The van der Waals surface area contributed by atoms with Crippen LogP contribution in [0, 0.1) is 12.8 Å². The van der Waals surface area contributed by atoms with Gasteiger partial charge in [0.2, 0.25) is 5.91 Å². The van der Waals surface area contributed by atoms with Crippen molar-refractivity contribution in [1.82, 2.24) is 9.80 Å². The zero-order chi connectivity index (χ0) is 20.2. The summed E-state index contributed by atoms with van der Waals surface area (Å²) < 4.78 is 5.20. The highest BCUT2D eigenvalue weighted by Gasteiger charge is 2.65. The van der Waals surface area contributed by atoms with Gasteiger partial charge in [0.05, 0.1) is 7.11 Å². The van der Waals surface area contributed by atoms with E-state index in [2.05, 4.69) is 34.9 Å². The molecule has 5 rings (SSSR count). The number of hydrogen-bond donors (Lipinski definition) is 1. The van der Waals surface area contributed by atoms with Crippen LogP contribution in [0.2, 0.25) is 0 Å². The standard InChI is InChI=1S/C24H28N2O3/c1-16-6-3-4-7-18(16)14-25-15-19-13-20(17-8-9-22(29-2)21(27)12-17)26-11-5-10-24(19,26)23(25)28/h3-4,6-9,12,19-20,27H,5,10-11,13-15H2,1-2H3/t19-,20?,24+/m1/s1. The molecule has 0 bridgehead atoms. The molecular formula is C24H28N2O3. The number of aromatic hydroxyl groups is 1. The molecule has 3 aliphatic heterocycles. The number of hydrogen-bond acceptors (Lipinski definition) is 4. The molecule has 5 heteroatoms. The summed E-state index contributed by atoms with van der Waals surface area (Å²) in [4.78, 5) is 18.2. The first-order valence-electron chi connectivity index (χ1n) is 10.5. The van der Waals surface area contributed by atoms with Crippen LogP contribution in [0.1, 0.15) is 42.0 Å². The van der Waals surface area contributed by atoms with Gasteiger partial charge in [0, 0.05) is 25.0 Å². The van der Waals surface area contributed by atoms with Crippen molar-refractivity contribution in [3.05, 3.63) is 59.2 Å². The molecule has 0 aromatic heterocycles. The minimum Gasteiger partial charge on any atom is -0.504 e. The maximum atomic E-state index is 13.7. The largest absolute Gasteiger partial charge is 0.504 e. The number of nitrogens with zero attached hydrogens (tertiary/aromatic N) is 2. The summed E-state index contributed by atoms with van der Waals surface area (Å²) in [6.07, 6.45) is 2.96. The second kappa shape index (κ2) is 6.77. The third-order valence-electron chi connectivity index (χ3n) is 7.34. The summed E-state index contributed by atoms with van der Waals surface area (Å²) in [5.74, 6) is 1.30. The molecule has 3 aliphatic rings. The number of carbonyl (C=O) groups is 1. The van der Waals surface area contributed by atoms with Gasteiger partial charge in [-0.25, -0.2) is 0 Å². The first kappa shape index (κ1) is 18.5. The van der Waals surface area contributed by atoms with Crippen LogP contribution in [0.25, 0.3) is 0 Å². The van der Waals surface area contributed by atoms with Crippen LogP contribution in [-0.2, 0) is 11.3 Å². The van der Waals surface area contributed by atoms with Crippen molar-refractivity contribution in [2.75, 3.05) is 20.2 Å². The van der Waals surface area contributed by atoms with Crippen LogP contribution in [-0.4, -0.2) is 46.6 Å². The molecule has 29 heavy (non-hydrogen) atoms. The highest BCUT2D eigenvalue weighted by atomic mass is 16.5. The van der Waals surface area contributed by atoms with Gasteiger partial charge >= 0.3 is 0 Å². The smallest absolute Gasteiger partial charge is 0.243 e. The molecule has 0 saturated carbocycles. The van der Waals surface area contributed by atoms with Gasteiger partial charge in [0.15, 0.2) is 11.5 Å². The number of likely N-dealkylation sites (tertiary alicyclic amines) is 1. The van der Waals surface area contributed by atoms with Crippen LogP contribution in [0.15, 0.2) is 42.5 Å². The number of ether oxygens (including phenoxy) is 1. The average Bonchev–Trinajstić information content (AvgIpc) is 3.34. The fraction of sp³-hybridized carbons (Fsp3) is 0.458. The monoisotopic (exact) mass is 392 g/mol. The minimum absolute atomic E-state index is 0.169. The lowest BCUT2D eigenvalue weighted by atomic mass is 9.85. The van der Waals surface area contributed by atoms with Gasteiger partial charge in [-0.3, -0.25) is 9.69 Å². The number of carbonyl (C=O) groups excluding carboxylic acids is 1. The van der Waals surface area contributed by atoms with Crippen molar-refractivity contribution in [2.24, 2.45) is 5.92 Å². The van der Waals surface area contributed by atoms with E-state index in [1.807, 2.05) is 24.3 Å². The van der Waals surface area contributed by atoms with E-state index in [0.29, 0.717) is 24.1 Å². The second-order valence-electron chi connectivity index (χ2n) is 8.71. The van der Waals surface area contributed by atoms with Gasteiger partial charge < -0.3 is 14.7 Å². The van der Waals surface area contributed by atoms with Crippen LogP contribution in [0.3, 0.4) is 0 Å².